The lowest BCUT2D eigenvalue weighted by atomic mass is 9.82. The number of ketones is 1. The van der Waals surface area contributed by atoms with E-state index in [2.05, 4.69) is 0 Å². The van der Waals surface area contributed by atoms with E-state index in [0.29, 0.717) is 37.2 Å². The molecule has 39 heavy (non-hydrogen) atoms. The molecular weight excluding hydrogens is 522 g/mol. The number of hydrogen-bond donors (Lipinski definition) is 1. The van der Waals surface area contributed by atoms with Gasteiger partial charge in [-0.2, -0.15) is 0 Å². The Bertz CT molecular complexity index is 1450. The number of amides is 2. The Hall–Kier alpha value is -3.54. The smallest absolute Gasteiger partial charge is 0.296 e. The minimum absolute atomic E-state index is 0.00415. The van der Waals surface area contributed by atoms with E-state index in [4.69, 9.17) is 4.74 Å². The zero-order valence-electron chi connectivity index (χ0n) is 22.5. The molecule has 0 saturated carbocycles. The van der Waals surface area contributed by atoms with Crippen molar-refractivity contribution in [2.45, 2.75) is 36.6 Å². The van der Waals surface area contributed by atoms with Gasteiger partial charge in [-0.25, -0.2) is 12.7 Å². The molecule has 4 rings (SSSR count). The van der Waals surface area contributed by atoms with E-state index < -0.39 is 38.9 Å². The summed E-state index contributed by atoms with van der Waals surface area (Å²) in [5.74, 6) is -3.04. The molecule has 2 amide bonds. The van der Waals surface area contributed by atoms with Crippen LogP contribution in [0.15, 0.2) is 59.0 Å². The van der Waals surface area contributed by atoms with E-state index in [9.17, 15) is 27.9 Å². The predicted octanol–water partition coefficient (Wildman–Crippen LogP) is 2.70. The van der Waals surface area contributed by atoms with E-state index in [1.807, 2.05) is 6.92 Å². The first-order valence-corrected chi connectivity index (χ1v) is 14.2. The summed E-state index contributed by atoms with van der Waals surface area (Å²) in [5.41, 5.74) is -1.29. The third kappa shape index (κ3) is 4.44. The van der Waals surface area contributed by atoms with Crippen molar-refractivity contribution in [3.05, 3.63) is 65.2 Å². The predicted molar refractivity (Wildman–Crippen MR) is 145 cm³/mol. The van der Waals surface area contributed by atoms with Crippen molar-refractivity contribution in [1.82, 2.24) is 9.21 Å². The Morgan fingerprint density at radius 2 is 1.74 bits per heavy atom. The molecule has 1 saturated heterocycles. The quantitative estimate of drug-likeness (QED) is 0.207. The van der Waals surface area contributed by atoms with Crippen molar-refractivity contribution in [3.8, 4) is 0 Å². The van der Waals surface area contributed by atoms with Crippen molar-refractivity contribution in [2.24, 2.45) is 0 Å². The number of rotatable bonds is 10. The molecule has 2 heterocycles. The maximum atomic E-state index is 14.4. The van der Waals surface area contributed by atoms with E-state index in [1.54, 1.807) is 29.2 Å². The number of para-hydroxylation sites is 1. The highest BCUT2D eigenvalue weighted by Crippen LogP contribution is 2.53. The van der Waals surface area contributed by atoms with Crippen molar-refractivity contribution in [2.75, 3.05) is 45.8 Å². The van der Waals surface area contributed by atoms with Crippen LogP contribution in [0.4, 0.5) is 5.69 Å². The minimum atomic E-state index is -3.86. The molecule has 208 valence electrons. The number of ether oxygens (including phenoxy) is 1. The molecule has 1 spiro atoms. The van der Waals surface area contributed by atoms with Gasteiger partial charge in [0.25, 0.3) is 17.6 Å². The second-order valence-electron chi connectivity index (χ2n) is 9.71. The average molecular weight is 556 g/mol. The lowest BCUT2D eigenvalue weighted by Crippen LogP contribution is -2.52. The van der Waals surface area contributed by atoms with Gasteiger partial charge in [-0.1, -0.05) is 43.7 Å². The third-order valence-corrected chi connectivity index (χ3v) is 8.97. The van der Waals surface area contributed by atoms with Gasteiger partial charge in [-0.05, 0) is 31.0 Å². The molecule has 2 aliphatic rings. The molecule has 0 radical (unpaired) electrons. The monoisotopic (exact) mass is 555 g/mol. The summed E-state index contributed by atoms with van der Waals surface area (Å²) >= 11 is 0. The van der Waals surface area contributed by atoms with Crippen LogP contribution in [0.1, 0.15) is 37.3 Å². The molecule has 1 unspecified atom stereocenters. The minimum Gasteiger partial charge on any atom is -0.507 e. The summed E-state index contributed by atoms with van der Waals surface area (Å²) in [6.45, 7) is 2.69. The number of aliphatic hydroxyl groups is 1. The van der Waals surface area contributed by atoms with Crippen molar-refractivity contribution in [3.63, 3.8) is 0 Å². The highest BCUT2D eigenvalue weighted by molar-refractivity contribution is 7.89. The standard InChI is InChI=1S/C28H33N3O7S/c1-5-6-15-30-22-14-8-7-13-21(22)28(27(30)35)23(25(33)26(34)31(28)16-10-17-38-4)24(32)19-11-9-12-20(18-19)39(36,37)29(2)3/h7-9,11-14,18,32H,5-6,10,15-17H2,1-4H3/b24-23+. The van der Waals surface area contributed by atoms with E-state index in [-0.39, 0.29) is 22.6 Å². The number of hydrogen-bond acceptors (Lipinski definition) is 7. The number of aliphatic hydroxyl groups excluding tert-OH is 1. The van der Waals surface area contributed by atoms with Crippen molar-refractivity contribution in [1.29, 1.82) is 0 Å². The Morgan fingerprint density at radius 1 is 1.03 bits per heavy atom. The first kappa shape index (κ1) is 28.5. The Labute approximate surface area is 228 Å². The fraction of sp³-hybridized carbons (Fsp3) is 0.393. The normalized spacial score (nSPS) is 20.5. The number of carbonyl (C=O) groups is 3. The number of fused-ring (bicyclic) bond motifs is 2. The summed E-state index contributed by atoms with van der Waals surface area (Å²) < 4.78 is 31.7. The van der Waals surface area contributed by atoms with Gasteiger partial charge in [0.15, 0.2) is 5.54 Å². The highest BCUT2D eigenvalue weighted by Gasteiger charge is 2.66. The summed E-state index contributed by atoms with van der Waals surface area (Å²) in [7, 11) is 0.412. The molecule has 2 aromatic rings. The number of unbranched alkanes of at least 4 members (excludes halogenated alkanes) is 1. The van der Waals surface area contributed by atoms with Crippen LogP contribution in [0.5, 0.6) is 0 Å². The number of benzene rings is 2. The SMILES string of the molecule is CCCCN1C(=O)C2(/C(=C(/O)c3cccc(S(=O)(=O)N(C)C)c3)C(=O)C(=O)N2CCCOC)c2ccccc21. The maximum absolute atomic E-state index is 14.4. The molecular formula is C28H33N3O7S. The van der Waals surface area contributed by atoms with Crippen LogP contribution in [0.3, 0.4) is 0 Å². The molecule has 10 nitrogen and oxygen atoms in total. The second-order valence-corrected chi connectivity index (χ2v) is 11.9. The number of anilines is 1. The number of Topliss-reactive ketones (excluding diaryl/α,β-unsaturated/α-hetero) is 1. The van der Waals surface area contributed by atoms with E-state index >= 15 is 0 Å². The first-order valence-electron chi connectivity index (χ1n) is 12.8. The van der Waals surface area contributed by atoms with Crippen LogP contribution < -0.4 is 4.90 Å². The van der Waals surface area contributed by atoms with Crippen molar-refractivity contribution >= 4 is 39.1 Å². The van der Waals surface area contributed by atoms with Crippen LogP contribution in [0.25, 0.3) is 5.76 Å². The first-order chi connectivity index (χ1) is 18.5. The lowest BCUT2D eigenvalue weighted by Gasteiger charge is -2.34. The molecule has 1 N–H and O–H groups in total. The van der Waals surface area contributed by atoms with Crippen LogP contribution in [0, 0.1) is 0 Å². The summed E-state index contributed by atoms with van der Waals surface area (Å²) in [5, 5.41) is 11.6. The topological polar surface area (TPSA) is 125 Å². The number of methoxy groups -OCH3 is 1. The summed E-state index contributed by atoms with van der Waals surface area (Å²) in [4.78, 5) is 44.2. The Kier molecular flexibility index (Phi) is 7.97. The fourth-order valence-electron chi connectivity index (χ4n) is 5.23. The molecule has 1 fully saturated rings. The fourth-order valence-corrected chi connectivity index (χ4v) is 6.18. The molecule has 0 aliphatic carbocycles. The number of sulfonamides is 1. The molecule has 1 atom stereocenters. The lowest BCUT2D eigenvalue weighted by molar-refractivity contribution is -0.143. The maximum Gasteiger partial charge on any atom is 0.296 e. The third-order valence-electron chi connectivity index (χ3n) is 7.16. The van der Waals surface area contributed by atoms with E-state index in [0.717, 1.165) is 10.7 Å². The van der Waals surface area contributed by atoms with Gasteiger partial charge >= 0.3 is 0 Å². The molecule has 11 heteroatoms. The van der Waals surface area contributed by atoms with Gasteiger partial charge in [-0.3, -0.25) is 14.4 Å². The molecule has 0 bridgehead atoms. The molecule has 2 aromatic carbocycles. The summed E-state index contributed by atoms with van der Waals surface area (Å²) in [6, 6.07) is 12.4. The van der Waals surface area contributed by atoms with Gasteiger partial charge in [0.1, 0.15) is 5.76 Å². The zero-order valence-corrected chi connectivity index (χ0v) is 23.3. The van der Waals surface area contributed by atoms with E-state index in [1.165, 1.54) is 50.4 Å². The molecule has 2 aliphatic heterocycles. The van der Waals surface area contributed by atoms with Gasteiger partial charge < -0.3 is 19.6 Å². The average Bonchev–Trinajstić information content (AvgIpc) is 3.30. The highest BCUT2D eigenvalue weighted by atomic mass is 32.2. The van der Waals surface area contributed by atoms with Crippen LogP contribution in [-0.2, 0) is 34.7 Å². The number of nitrogens with zero attached hydrogens (tertiary/aromatic N) is 3. The van der Waals surface area contributed by atoms with Crippen LogP contribution in [-0.4, -0.2) is 81.2 Å². The Balaban J connectivity index is 2.01. The van der Waals surface area contributed by atoms with Gasteiger partial charge in [0.2, 0.25) is 10.0 Å². The largest absolute Gasteiger partial charge is 0.507 e. The van der Waals surface area contributed by atoms with Gasteiger partial charge in [-0.15, -0.1) is 0 Å². The van der Waals surface area contributed by atoms with Gasteiger partial charge in [0, 0.05) is 52.0 Å². The Morgan fingerprint density at radius 3 is 2.41 bits per heavy atom. The van der Waals surface area contributed by atoms with Crippen molar-refractivity contribution < 1.29 is 32.6 Å². The van der Waals surface area contributed by atoms with Gasteiger partial charge in [0.05, 0.1) is 16.2 Å². The molecule has 0 aromatic heterocycles. The van der Waals surface area contributed by atoms with Crippen LogP contribution >= 0.6 is 0 Å². The summed E-state index contributed by atoms with van der Waals surface area (Å²) in [6.07, 6.45) is 1.86. The second kappa shape index (κ2) is 10.9. The van der Waals surface area contributed by atoms with Crippen LogP contribution in [0.2, 0.25) is 0 Å². The number of likely N-dealkylation sites (tertiary alicyclic amines) is 1. The zero-order chi connectivity index (χ0) is 28.5. The number of carbonyl (C=O) groups excluding carboxylic acids is 3.